The Morgan fingerprint density at radius 3 is 2.39 bits per heavy atom. The molecule has 4 rings (SSSR count). The molecule has 1 aromatic heterocycles. The molecule has 0 saturated heterocycles. The molecule has 7 nitrogen and oxygen atoms in total. The van der Waals surface area contributed by atoms with Crippen LogP contribution < -0.4 is 15.8 Å². The van der Waals surface area contributed by atoms with Gasteiger partial charge in [-0.1, -0.05) is 18.2 Å². The van der Waals surface area contributed by atoms with Gasteiger partial charge in [0.1, 0.15) is 29.5 Å². The molecule has 31 heavy (non-hydrogen) atoms. The number of aliphatic hydroxyl groups is 1. The predicted octanol–water partition coefficient (Wildman–Crippen LogP) is 4.37. The van der Waals surface area contributed by atoms with Crippen molar-refractivity contribution in [1.82, 2.24) is 9.97 Å². The molecule has 3 aromatic rings. The Labute approximate surface area is 181 Å². The van der Waals surface area contributed by atoms with Gasteiger partial charge in [-0.2, -0.15) is 0 Å². The van der Waals surface area contributed by atoms with Crippen LogP contribution in [0.5, 0.6) is 11.5 Å². The summed E-state index contributed by atoms with van der Waals surface area (Å²) in [6, 6.07) is 17.0. The molecule has 1 saturated carbocycles. The molecule has 1 aliphatic rings. The number of hydrogen-bond acceptors (Lipinski definition) is 7. The number of hydrogen-bond donors (Lipinski definition) is 4. The molecule has 0 aliphatic heterocycles. The first-order valence-corrected chi connectivity index (χ1v) is 10.4. The zero-order valence-electron chi connectivity index (χ0n) is 17.5. The van der Waals surface area contributed by atoms with Gasteiger partial charge in [0.25, 0.3) is 0 Å². The van der Waals surface area contributed by atoms with Crippen LogP contribution in [0.4, 0.5) is 11.6 Å². The van der Waals surface area contributed by atoms with Gasteiger partial charge in [0, 0.05) is 11.6 Å². The molecule has 0 unspecified atom stereocenters. The third-order valence-electron chi connectivity index (χ3n) is 5.65. The number of aromatic nitrogens is 2. The second-order valence-corrected chi connectivity index (χ2v) is 8.21. The first-order chi connectivity index (χ1) is 14.9. The minimum Gasteiger partial charge on any atom is -0.457 e. The van der Waals surface area contributed by atoms with Crippen LogP contribution in [0.1, 0.15) is 43.7 Å². The van der Waals surface area contributed by atoms with Crippen molar-refractivity contribution in [1.29, 1.82) is 5.41 Å². The molecule has 1 fully saturated rings. The van der Waals surface area contributed by atoms with Crippen molar-refractivity contribution in [3.63, 3.8) is 0 Å². The van der Waals surface area contributed by atoms with E-state index in [4.69, 9.17) is 15.9 Å². The zero-order chi connectivity index (χ0) is 21.8. The summed E-state index contributed by atoms with van der Waals surface area (Å²) in [5.41, 5.74) is 6.95. The highest BCUT2D eigenvalue weighted by atomic mass is 16.5. The number of nitrogens with zero attached hydrogens (tertiary/aromatic N) is 2. The van der Waals surface area contributed by atoms with Crippen LogP contribution >= 0.6 is 0 Å². The second kappa shape index (κ2) is 8.73. The summed E-state index contributed by atoms with van der Waals surface area (Å²) < 4.78 is 5.83. The lowest BCUT2D eigenvalue weighted by atomic mass is 9.83. The van der Waals surface area contributed by atoms with E-state index in [1.807, 2.05) is 61.5 Å². The lowest BCUT2D eigenvalue weighted by Gasteiger charge is -2.34. The molecule has 7 heteroatoms. The Kier molecular flexibility index (Phi) is 5.86. The molecule has 0 atom stereocenters. The smallest absolute Gasteiger partial charge is 0.141 e. The van der Waals surface area contributed by atoms with Gasteiger partial charge in [-0.05, 0) is 69.0 Å². The summed E-state index contributed by atoms with van der Waals surface area (Å²) in [5.74, 6) is 2.25. The molecule has 1 aliphatic carbocycles. The highest BCUT2D eigenvalue weighted by Crippen LogP contribution is 2.31. The van der Waals surface area contributed by atoms with Crippen LogP contribution in [-0.4, -0.2) is 32.4 Å². The monoisotopic (exact) mass is 417 g/mol. The van der Waals surface area contributed by atoms with E-state index >= 15 is 0 Å². The molecule has 0 amide bonds. The van der Waals surface area contributed by atoms with Crippen LogP contribution in [0.3, 0.4) is 0 Å². The summed E-state index contributed by atoms with van der Waals surface area (Å²) in [6.07, 6.45) is 4.51. The SMILES string of the molecule is C[C@]1(O)CC[C@@H](Nc2ncnc(N)c2C(=N)c2ccc(Oc3ccccc3)cc2)CC1. The highest BCUT2D eigenvalue weighted by Gasteiger charge is 2.29. The molecule has 1 heterocycles. The molecule has 5 N–H and O–H groups in total. The van der Waals surface area contributed by atoms with Gasteiger partial charge in [-0.15, -0.1) is 0 Å². The third kappa shape index (κ3) is 5.00. The number of para-hydroxylation sites is 1. The van der Waals surface area contributed by atoms with Crippen molar-refractivity contribution in [3.05, 3.63) is 72.1 Å². The number of rotatable bonds is 6. The standard InChI is InChI=1S/C24H27N5O2/c1-24(30)13-11-17(12-14-24)29-23-20(22(26)27-15-28-23)21(25)16-7-9-19(10-8-16)31-18-5-3-2-4-6-18/h2-10,15,17,25,30H,11-14H2,1H3,(H3,26,27,28,29)/t17-,24+. The maximum Gasteiger partial charge on any atom is 0.141 e. The average Bonchev–Trinajstić information content (AvgIpc) is 2.76. The van der Waals surface area contributed by atoms with Crippen molar-refractivity contribution in [2.75, 3.05) is 11.1 Å². The van der Waals surface area contributed by atoms with Crippen LogP contribution in [0.15, 0.2) is 60.9 Å². The minimum absolute atomic E-state index is 0.169. The van der Waals surface area contributed by atoms with Crippen molar-refractivity contribution in [3.8, 4) is 11.5 Å². The van der Waals surface area contributed by atoms with Crippen molar-refractivity contribution >= 4 is 17.3 Å². The Morgan fingerprint density at radius 1 is 1.06 bits per heavy atom. The molecular weight excluding hydrogens is 390 g/mol. The number of nitrogens with one attached hydrogen (secondary N) is 2. The Bertz CT molecular complexity index is 1040. The third-order valence-corrected chi connectivity index (χ3v) is 5.65. The van der Waals surface area contributed by atoms with Gasteiger partial charge in [-0.3, -0.25) is 5.41 Å². The van der Waals surface area contributed by atoms with Crippen LogP contribution in [0.2, 0.25) is 0 Å². The fourth-order valence-corrected chi connectivity index (χ4v) is 3.79. The van der Waals surface area contributed by atoms with Crippen molar-refractivity contribution < 1.29 is 9.84 Å². The van der Waals surface area contributed by atoms with E-state index in [-0.39, 0.29) is 17.6 Å². The van der Waals surface area contributed by atoms with Crippen molar-refractivity contribution in [2.24, 2.45) is 0 Å². The average molecular weight is 418 g/mol. The first kappa shape index (κ1) is 20.8. The molecule has 0 bridgehead atoms. The second-order valence-electron chi connectivity index (χ2n) is 8.21. The lowest BCUT2D eigenvalue weighted by Crippen LogP contribution is -2.36. The Balaban J connectivity index is 1.52. The van der Waals surface area contributed by atoms with E-state index in [9.17, 15) is 5.11 Å². The van der Waals surface area contributed by atoms with E-state index in [2.05, 4.69) is 15.3 Å². The fourth-order valence-electron chi connectivity index (χ4n) is 3.79. The number of anilines is 2. The minimum atomic E-state index is -0.609. The fraction of sp³-hybridized carbons (Fsp3) is 0.292. The number of nitrogen functional groups attached to an aromatic ring is 1. The van der Waals surface area contributed by atoms with E-state index in [1.54, 1.807) is 0 Å². The topological polar surface area (TPSA) is 117 Å². The van der Waals surface area contributed by atoms with Crippen LogP contribution in [-0.2, 0) is 0 Å². The van der Waals surface area contributed by atoms with Gasteiger partial charge < -0.3 is 20.9 Å². The largest absolute Gasteiger partial charge is 0.457 e. The highest BCUT2D eigenvalue weighted by molar-refractivity contribution is 6.16. The van der Waals surface area contributed by atoms with Crippen LogP contribution in [0, 0.1) is 5.41 Å². The molecule has 160 valence electrons. The maximum absolute atomic E-state index is 10.2. The van der Waals surface area contributed by atoms with Crippen LogP contribution in [0.25, 0.3) is 0 Å². The normalized spacial score (nSPS) is 20.8. The summed E-state index contributed by atoms with van der Waals surface area (Å²) >= 11 is 0. The maximum atomic E-state index is 10.2. The van der Waals surface area contributed by atoms with Gasteiger partial charge in [-0.25, -0.2) is 9.97 Å². The van der Waals surface area contributed by atoms with E-state index in [1.165, 1.54) is 6.33 Å². The lowest BCUT2D eigenvalue weighted by molar-refractivity contribution is 0.0196. The predicted molar refractivity (Wildman–Crippen MR) is 122 cm³/mol. The number of benzene rings is 2. The summed E-state index contributed by atoms with van der Waals surface area (Å²) in [7, 11) is 0. The first-order valence-electron chi connectivity index (χ1n) is 10.4. The van der Waals surface area contributed by atoms with Crippen molar-refractivity contribution in [2.45, 2.75) is 44.2 Å². The zero-order valence-corrected chi connectivity index (χ0v) is 17.5. The summed E-state index contributed by atoms with van der Waals surface area (Å²) in [6.45, 7) is 1.87. The molecule has 0 spiro atoms. The van der Waals surface area contributed by atoms with Gasteiger partial charge in [0.2, 0.25) is 0 Å². The molecule has 2 aromatic carbocycles. The Hall–Kier alpha value is -3.45. The van der Waals surface area contributed by atoms with Gasteiger partial charge in [0.15, 0.2) is 0 Å². The van der Waals surface area contributed by atoms with Gasteiger partial charge in [0.05, 0.1) is 16.9 Å². The van der Waals surface area contributed by atoms with E-state index in [0.29, 0.717) is 22.7 Å². The summed E-state index contributed by atoms with van der Waals surface area (Å²) in [5, 5.41) is 22.4. The van der Waals surface area contributed by atoms with E-state index < -0.39 is 5.60 Å². The quantitative estimate of drug-likeness (QED) is 0.442. The number of ether oxygens (including phenoxy) is 1. The van der Waals surface area contributed by atoms with E-state index in [0.717, 1.165) is 31.4 Å². The van der Waals surface area contributed by atoms with Gasteiger partial charge >= 0.3 is 0 Å². The molecular formula is C24H27N5O2. The number of nitrogens with two attached hydrogens (primary N) is 1. The summed E-state index contributed by atoms with van der Waals surface area (Å²) in [4.78, 5) is 8.46. The molecule has 0 radical (unpaired) electrons. The Morgan fingerprint density at radius 2 is 1.71 bits per heavy atom.